The summed E-state index contributed by atoms with van der Waals surface area (Å²) in [5.41, 5.74) is 2.62. The number of ether oxygens (including phenoxy) is 1. The molecule has 1 fully saturated rings. The fourth-order valence-electron chi connectivity index (χ4n) is 3.07. The molecule has 0 bridgehead atoms. The van der Waals surface area contributed by atoms with Gasteiger partial charge in [-0.1, -0.05) is 12.1 Å². The van der Waals surface area contributed by atoms with Gasteiger partial charge in [0, 0.05) is 44.6 Å². The van der Waals surface area contributed by atoms with Crippen LogP contribution in [0.3, 0.4) is 0 Å². The summed E-state index contributed by atoms with van der Waals surface area (Å²) in [4.78, 5) is 6.66. The van der Waals surface area contributed by atoms with Gasteiger partial charge in [0.15, 0.2) is 0 Å². The van der Waals surface area contributed by atoms with Crippen LogP contribution in [-0.4, -0.2) is 35.6 Å². The molecule has 2 heterocycles. The Morgan fingerprint density at radius 2 is 2.09 bits per heavy atom. The predicted octanol–water partition coefficient (Wildman–Crippen LogP) is 3.02. The van der Waals surface area contributed by atoms with Crippen LogP contribution in [0.5, 0.6) is 5.75 Å². The average molecular weight is 311 g/mol. The van der Waals surface area contributed by atoms with Gasteiger partial charge in [0.25, 0.3) is 0 Å². The molecule has 0 radical (unpaired) electrons. The highest BCUT2D eigenvalue weighted by Crippen LogP contribution is 2.25. The number of hydrogen-bond acceptors (Lipinski definition) is 4. The fourth-order valence-corrected chi connectivity index (χ4v) is 3.07. The number of aromatic nitrogens is 1. The Morgan fingerprint density at radius 1 is 1.26 bits per heavy atom. The van der Waals surface area contributed by atoms with Crippen LogP contribution in [0.15, 0.2) is 48.8 Å². The van der Waals surface area contributed by atoms with Crippen molar-refractivity contribution in [2.24, 2.45) is 0 Å². The summed E-state index contributed by atoms with van der Waals surface area (Å²) in [7, 11) is 0. The molecular weight excluding hydrogens is 286 g/mol. The van der Waals surface area contributed by atoms with Crippen molar-refractivity contribution >= 4 is 0 Å². The zero-order chi connectivity index (χ0) is 16.1. The van der Waals surface area contributed by atoms with Crippen LogP contribution < -0.4 is 10.1 Å². The van der Waals surface area contributed by atoms with Gasteiger partial charge in [0.2, 0.25) is 0 Å². The summed E-state index contributed by atoms with van der Waals surface area (Å²) >= 11 is 0. The SMILES string of the molecule is CC(C)Oc1cccc(CN2CCNCC2c2ccncc2)c1. The first-order valence-electron chi connectivity index (χ1n) is 8.32. The van der Waals surface area contributed by atoms with Crippen molar-refractivity contribution in [1.82, 2.24) is 15.2 Å². The molecule has 1 saturated heterocycles. The maximum absolute atomic E-state index is 5.82. The molecule has 1 aliphatic rings. The summed E-state index contributed by atoms with van der Waals surface area (Å²) < 4.78 is 5.82. The van der Waals surface area contributed by atoms with Crippen molar-refractivity contribution in [2.45, 2.75) is 32.5 Å². The summed E-state index contributed by atoms with van der Waals surface area (Å²) in [5.74, 6) is 0.952. The lowest BCUT2D eigenvalue weighted by Gasteiger charge is -2.36. The highest BCUT2D eigenvalue weighted by atomic mass is 16.5. The number of pyridine rings is 1. The van der Waals surface area contributed by atoms with Gasteiger partial charge in [-0.3, -0.25) is 9.88 Å². The van der Waals surface area contributed by atoms with Gasteiger partial charge in [-0.25, -0.2) is 0 Å². The van der Waals surface area contributed by atoms with Crippen LogP contribution in [0.2, 0.25) is 0 Å². The standard InChI is InChI=1S/C19H25N3O/c1-15(2)23-18-5-3-4-16(12-18)14-22-11-10-21-13-19(22)17-6-8-20-9-7-17/h3-9,12,15,19,21H,10-11,13-14H2,1-2H3. The first kappa shape index (κ1) is 16.0. The smallest absolute Gasteiger partial charge is 0.120 e. The van der Waals surface area contributed by atoms with Crippen LogP contribution in [0.4, 0.5) is 0 Å². The van der Waals surface area contributed by atoms with E-state index in [-0.39, 0.29) is 6.10 Å². The highest BCUT2D eigenvalue weighted by Gasteiger charge is 2.23. The molecule has 0 spiro atoms. The molecule has 1 atom stereocenters. The van der Waals surface area contributed by atoms with E-state index in [1.165, 1.54) is 11.1 Å². The van der Waals surface area contributed by atoms with Crippen molar-refractivity contribution in [3.05, 3.63) is 59.9 Å². The fraction of sp³-hybridized carbons (Fsp3) is 0.421. The topological polar surface area (TPSA) is 37.4 Å². The quantitative estimate of drug-likeness (QED) is 0.921. The minimum atomic E-state index is 0.203. The van der Waals surface area contributed by atoms with E-state index < -0.39 is 0 Å². The van der Waals surface area contributed by atoms with Gasteiger partial charge in [0.05, 0.1) is 6.10 Å². The van der Waals surface area contributed by atoms with Crippen LogP contribution >= 0.6 is 0 Å². The molecule has 1 aliphatic heterocycles. The van der Waals surface area contributed by atoms with Gasteiger partial charge < -0.3 is 10.1 Å². The maximum atomic E-state index is 5.82. The van der Waals surface area contributed by atoms with E-state index in [4.69, 9.17) is 4.74 Å². The summed E-state index contributed by atoms with van der Waals surface area (Å²) in [6.45, 7) is 8.10. The van der Waals surface area contributed by atoms with E-state index in [1.807, 2.05) is 18.5 Å². The molecule has 23 heavy (non-hydrogen) atoms. The van der Waals surface area contributed by atoms with Crippen molar-refractivity contribution in [3.8, 4) is 5.75 Å². The van der Waals surface area contributed by atoms with Crippen molar-refractivity contribution < 1.29 is 4.74 Å². The Balaban J connectivity index is 1.74. The summed E-state index contributed by atoms with van der Waals surface area (Å²) in [6.07, 6.45) is 3.95. The molecule has 1 N–H and O–H groups in total. The highest BCUT2D eigenvalue weighted by molar-refractivity contribution is 5.29. The molecule has 3 rings (SSSR count). The maximum Gasteiger partial charge on any atom is 0.120 e. The minimum Gasteiger partial charge on any atom is -0.491 e. The van der Waals surface area contributed by atoms with E-state index in [0.29, 0.717) is 6.04 Å². The molecule has 1 aromatic heterocycles. The molecule has 1 aromatic carbocycles. The number of hydrogen-bond donors (Lipinski definition) is 1. The lowest BCUT2D eigenvalue weighted by atomic mass is 10.0. The second kappa shape index (κ2) is 7.57. The third kappa shape index (κ3) is 4.30. The molecule has 0 aliphatic carbocycles. The largest absolute Gasteiger partial charge is 0.491 e. The van der Waals surface area contributed by atoms with Crippen molar-refractivity contribution in [2.75, 3.05) is 19.6 Å². The van der Waals surface area contributed by atoms with E-state index in [1.54, 1.807) is 0 Å². The zero-order valence-electron chi connectivity index (χ0n) is 13.9. The van der Waals surface area contributed by atoms with E-state index in [9.17, 15) is 0 Å². The van der Waals surface area contributed by atoms with Gasteiger partial charge in [-0.05, 0) is 49.2 Å². The average Bonchev–Trinajstić information content (AvgIpc) is 2.56. The third-order valence-electron chi connectivity index (χ3n) is 4.10. The normalized spacial score (nSPS) is 19.0. The molecule has 0 saturated carbocycles. The van der Waals surface area contributed by atoms with Crippen LogP contribution in [0.1, 0.15) is 31.0 Å². The summed E-state index contributed by atoms with van der Waals surface area (Å²) in [5, 5.41) is 3.50. The molecule has 2 aromatic rings. The molecule has 1 unspecified atom stereocenters. The van der Waals surface area contributed by atoms with Crippen molar-refractivity contribution in [3.63, 3.8) is 0 Å². The number of benzene rings is 1. The lowest BCUT2D eigenvalue weighted by Crippen LogP contribution is -2.45. The summed E-state index contributed by atoms with van der Waals surface area (Å²) in [6, 6.07) is 13.1. The second-order valence-corrected chi connectivity index (χ2v) is 6.28. The van der Waals surface area contributed by atoms with E-state index >= 15 is 0 Å². The molecule has 4 heteroatoms. The Bertz CT molecular complexity index is 615. The first-order chi connectivity index (χ1) is 11.2. The van der Waals surface area contributed by atoms with Crippen molar-refractivity contribution in [1.29, 1.82) is 0 Å². The van der Waals surface area contributed by atoms with Gasteiger partial charge in [-0.2, -0.15) is 0 Å². The minimum absolute atomic E-state index is 0.203. The van der Waals surface area contributed by atoms with Crippen LogP contribution in [-0.2, 0) is 6.54 Å². The van der Waals surface area contributed by atoms with Gasteiger partial charge in [0.1, 0.15) is 5.75 Å². The number of rotatable bonds is 5. The third-order valence-corrected chi connectivity index (χ3v) is 4.10. The Morgan fingerprint density at radius 3 is 2.87 bits per heavy atom. The first-order valence-corrected chi connectivity index (χ1v) is 8.32. The predicted molar refractivity (Wildman–Crippen MR) is 92.5 cm³/mol. The number of piperazine rings is 1. The van der Waals surface area contributed by atoms with Crippen LogP contribution in [0, 0.1) is 0 Å². The van der Waals surface area contributed by atoms with Gasteiger partial charge in [-0.15, -0.1) is 0 Å². The molecule has 122 valence electrons. The Hall–Kier alpha value is -1.91. The second-order valence-electron chi connectivity index (χ2n) is 6.28. The number of nitrogens with one attached hydrogen (secondary N) is 1. The molecular formula is C19H25N3O. The zero-order valence-corrected chi connectivity index (χ0v) is 13.9. The Kier molecular flexibility index (Phi) is 5.26. The van der Waals surface area contributed by atoms with Gasteiger partial charge >= 0.3 is 0 Å². The monoisotopic (exact) mass is 311 g/mol. The number of nitrogens with zero attached hydrogens (tertiary/aromatic N) is 2. The lowest BCUT2D eigenvalue weighted by molar-refractivity contribution is 0.153. The molecule has 0 amide bonds. The van der Waals surface area contributed by atoms with E-state index in [2.05, 4.69) is 59.4 Å². The van der Waals surface area contributed by atoms with Crippen LogP contribution in [0.25, 0.3) is 0 Å². The Labute approximate surface area is 138 Å². The molecule has 4 nitrogen and oxygen atoms in total. The van der Waals surface area contributed by atoms with E-state index in [0.717, 1.165) is 31.9 Å².